The fourth-order valence-corrected chi connectivity index (χ4v) is 2.65. The molecule has 4 heteroatoms. The molecule has 1 rings (SSSR count). The van der Waals surface area contributed by atoms with Crippen molar-refractivity contribution in [1.82, 2.24) is 0 Å². The van der Waals surface area contributed by atoms with Gasteiger partial charge in [0.1, 0.15) is 15.3 Å². The number of carbonyl (C=O) groups is 1. The van der Waals surface area contributed by atoms with Crippen molar-refractivity contribution < 1.29 is 9.53 Å². The van der Waals surface area contributed by atoms with Crippen LogP contribution in [-0.4, -0.2) is 15.9 Å². The SMILES string of the molecule is CC(C)(C)OC(=O)C1(C)C(C)(C)C1(Cl)Cl. The molecular weight excluding hydrogens is 235 g/mol. The van der Waals surface area contributed by atoms with E-state index in [1.807, 2.05) is 34.6 Å². The van der Waals surface area contributed by atoms with E-state index in [1.54, 1.807) is 6.92 Å². The zero-order chi connectivity index (χ0) is 12.3. The van der Waals surface area contributed by atoms with Gasteiger partial charge in [-0.25, -0.2) is 0 Å². The number of alkyl halides is 2. The van der Waals surface area contributed by atoms with Crippen molar-refractivity contribution in [1.29, 1.82) is 0 Å². The van der Waals surface area contributed by atoms with Crippen LogP contribution in [0.1, 0.15) is 41.5 Å². The van der Waals surface area contributed by atoms with Crippen LogP contribution < -0.4 is 0 Å². The predicted molar refractivity (Wildman–Crippen MR) is 62.2 cm³/mol. The molecule has 0 saturated heterocycles. The standard InChI is InChI=1S/C11H18Cl2O2/c1-8(2,3)15-7(14)10(6)9(4,5)11(10,12)13/h1-6H3. The summed E-state index contributed by atoms with van der Waals surface area (Å²) in [6.45, 7) is 11.0. The van der Waals surface area contributed by atoms with Gasteiger partial charge in [-0.3, -0.25) is 4.79 Å². The smallest absolute Gasteiger partial charge is 0.316 e. The van der Waals surface area contributed by atoms with Crippen LogP contribution in [-0.2, 0) is 9.53 Å². The molecular formula is C11H18Cl2O2. The summed E-state index contributed by atoms with van der Waals surface area (Å²) in [6, 6.07) is 0. The van der Waals surface area contributed by atoms with Gasteiger partial charge in [-0.2, -0.15) is 0 Å². The molecule has 1 unspecified atom stereocenters. The molecule has 88 valence electrons. The first kappa shape index (κ1) is 13.1. The van der Waals surface area contributed by atoms with Crippen LogP contribution in [0.15, 0.2) is 0 Å². The quantitative estimate of drug-likeness (QED) is 0.527. The molecule has 0 aliphatic heterocycles. The summed E-state index contributed by atoms with van der Waals surface area (Å²) in [5, 5.41) is 0. The lowest BCUT2D eigenvalue weighted by atomic mass is 9.98. The first-order chi connectivity index (χ1) is 6.38. The topological polar surface area (TPSA) is 26.3 Å². The molecule has 0 aromatic rings. The fourth-order valence-electron chi connectivity index (χ4n) is 1.74. The summed E-state index contributed by atoms with van der Waals surface area (Å²) >= 11 is 12.3. The molecule has 1 aliphatic rings. The van der Waals surface area contributed by atoms with Crippen LogP contribution in [0.2, 0.25) is 0 Å². The van der Waals surface area contributed by atoms with E-state index in [0.717, 1.165) is 0 Å². The number of esters is 1. The van der Waals surface area contributed by atoms with Gasteiger partial charge in [0.25, 0.3) is 0 Å². The highest BCUT2D eigenvalue weighted by atomic mass is 35.5. The molecule has 0 N–H and O–H groups in total. The zero-order valence-corrected chi connectivity index (χ0v) is 11.6. The molecule has 1 fully saturated rings. The van der Waals surface area contributed by atoms with Gasteiger partial charge in [0.2, 0.25) is 0 Å². The summed E-state index contributed by atoms with van der Waals surface area (Å²) < 4.78 is 4.29. The molecule has 1 atom stereocenters. The molecule has 1 saturated carbocycles. The van der Waals surface area contributed by atoms with Crippen LogP contribution >= 0.6 is 23.2 Å². The first-order valence-electron chi connectivity index (χ1n) is 4.99. The van der Waals surface area contributed by atoms with Gasteiger partial charge >= 0.3 is 5.97 Å². The van der Waals surface area contributed by atoms with Gasteiger partial charge in [-0.05, 0) is 27.7 Å². The Kier molecular flexibility index (Phi) is 2.66. The lowest BCUT2D eigenvalue weighted by Crippen LogP contribution is -2.31. The van der Waals surface area contributed by atoms with E-state index >= 15 is 0 Å². The summed E-state index contributed by atoms with van der Waals surface area (Å²) in [5.74, 6) is -0.329. The third kappa shape index (κ3) is 1.57. The molecule has 0 heterocycles. The Morgan fingerprint density at radius 2 is 1.47 bits per heavy atom. The van der Waals surface area contributed by atoms with E-state index < -0.39 is 20.8 Å². The summed E-state index contributed by atoms with van der Waals surface area (Å²) in [6.07, 6.45) is 0. The van der Waals surface area contributed by atoms with Gasteiger partial charge in [0, 0.05) is 5.41 Å². The van der Waals surface area contributed by atoms with Gasteiger partial charge in [0.05, 0.1) is 0 Å². The van der Waals surface area contributed by atoms with Crippen LogP contribution in [0.3, 0.4) is 0 Å². The van der Waals surface area contributed by atoms with Gasteiger partial charge in [-0.15, -0.1) is 0 Å². The third-order valence-corrected chi connectivity index (χ3v) is 5.11. The average Bonchev–Trinajstić information content (AvgIpc) is 2.26. The molecule has 0 aromatic heterocycles. The number of rotatable bonds is 1. The molecule has 0 radical (unpaired) electrons. The molecule has 1 aliphatic carbocycles. The third-order valence-electron chi connectivity index (χ3n) is 3.41. The molecule has 0 bridgehead atoms. The lowest BCUT2D eigenvalue weighted by Gasteiger charge is -2.23. The summed E-state index contributed by atoms with van der Waals surface area (Å²) in [7, 11) is 0. The largest absolute Gasteiger partial charge is 0.459 e. The maximum atomic E-state index is 12.0. The van der Waals surface area contributed by atoms with Crippen molar-refractivity contribution >= 4 is 29.2 Å². The molecule has 15 heavy (non-hydrogen) atoms. The Morgan fingerprint density at radius 3 is 1.67 bits per heavy atom. The minimum absolute atomic E-state index is 0.329. The monoisotopic (exact) mass is 252 g/mol. The highest BCUT2D eigenvalue weighted by Gasteiger charge is 2.84. The van der Waals surface area contributed by atoms with Crippen molar-refractivity contribution in [3.63, 3.8) is 0 Å². The van der Waals surface area contributed by atoms with Crippen LogP contribution in [0.25, 0.3) is 0 Å². The van der Waals surface area contributed by atoms with Crippen molar-refractivity contribution in [3.05, 3.63) is 0 Å². The van der Waals surface area contributed by atoms with Gasteiger partial charge in [-0.1, -0.05) is 37.0 Å². The van der Waals surface area contributed by atoms with E-state index in [9.17, 15) is 4.79 Å². The number of ether oxygens (including phenoxy) is 1. The van der Waals surface area contributed by atoms with E-state index in [0.29, 0.717) is 0 Å². The normalized spacial score (nSPS) is 32.3. The highest BCUT2D eigenvalue weighted by Crippen LogP contribution is 2.77. The zero-order valence-electron chi connectivity index (χ0n) is 10.1. The summed E-state index contributed by atoms with van der Waals surface area (Å²) in [5.41, 5.74) is -1.79. The van der Waals surface area contributed by atoms with Gasteiger partial charge < -0.3 is 4.74 Å². The Labute approximate surface area is 101 Å². The van der Waals surface area contributed by atoms with Crippen molar-refractivity contribution in [2.45, 2.75) is 51.5 Å². The highest BCUT2D eigenvalue weighted by molar-refractivity contribution is 6.54. The van der Waals surface area contributed by atoms with Gasteiger partial charge in [0.15, 0.2) is 0 Å². The number of halogens is 2. The lowest BCUT2D eigenvalue weighted by molar-refractivity contribution is -0.162. The maximum absolute atomic E-state index is 12.0. The first-order valence-corrected chi connectivity index (χ1v) is 5.75. The van der Waals surface area contributed by atoms with Crippen LogP contribution in [0.5, 0.6) is 0 Å². The van der Waals surface area contributed by atoms with Crippen LogP contribution in [0.4, 0.5) is 0 Å². The van der Waals surface area contributed by atoms with E-state index in [4.69, 9.17) is 27.9 Å². The van der Waals surface area contributed by atoms with Crippen LogP contribution in [0, 0.1) is 10.8 Å². The second-order valence-electron chi connectivity index (χ2n) is 5.83. The molecule has 0 spiro atoms. The van der Waals surface area contributed by atoms with E-state index in [-0.39, 0.29) is 5.97 Å². The average molecular weight is 253 g/mol. The maximum Gasteiger partial charge on any atom is 0.316 e. The fraction of sp³-hybridized carbons (Fsp3) is 0.909. The van der Waals surface area contributed by atoms with E-state index in [2.05, 4.69) is 0 Å². The second-order valence-corrected chi connectivity index (χ2v) is 7.15. The summed E-state index contributed by atoms with van der Waals surface area (Å²) in [4.78, 5) is 12.0. The Morgan fingerprint density at radius 1 is 1.13 bits per heavy atom. The Bertz CT molecular complexity index is 286. The predicted octanol–water partition coefficient (Wildman–Crippen LogP) is 3.55. The number of hydrogen-bond acceptors (Lipinski definition) is 2. The van der Waals surface area contributed by atoms with Crippen molar-refractivity contribution in [2.75, 3.05) is 0 Å². The van der Waals surface area contributed by atoms with E-state index in [1.165, 1.54) is 0 Å². The molecule has 2 nitrogen and oxygen atoms in total. The minimum atomic E-state index is -1.04. The van der Waals surface area contributed by atoms with Crippen molar-refractivity contribution in [2.24, 2.45) is 10.8 Å². The Hall–Kier alpha value is 0.0500. The molecule has 0 aromatic carbocycles. The van der Waals surface area contributed by atoms with Crippen molar-refractivity contribution in [3.8, 4) is 0 Å². The minimum Gasteiger partial charge on any atom is -0.459 e. The number of carbonyl (C=O) groups excluding carboxylic acids is 1. The second kappa shape index (κ2) is 3.04. The number of hydrogen-bond donors (Lipinski definition) is 0. The Balaban J connectivity index is 2.89. The molecule has 0 amide bonds.